The van der Waals surface area contributed by atoms with E-state index in [1.807, 2.05) is 6.07 Å². The Morgan fingerprint density at radius 3 is 2.75 bits per heavy atom. The molecular formula is C27H33N3O2. The van der Waals surface area contributed by atoms with E-state index in [2.05, 4.69) is 63.3 Å². The number of aromatic nitrogens is 1. The molecule has 2 aromatic carbocycles. The van der Waals surface area contributed by atoms with Gasteiger partial charge in [-0.1, -0.05) is 48.5 Å². The number of ether oxygens (including phenoxy) is 1. The number of benzene rings is 2. The molecule has 1 aromatic heterocycles. The van der Waals surface area contributed by atoms with Crippen molar-refractivity contribution in [2.75, 3.05) is 32.8 Å². The van der Waals surface area contributed by atoms with E-state index in [1.165, 1.54) is 27.7 Å². The highest BCUT2D eigenvalue weighted by Gasteiger charge is 2.48. The predicted molar refractivity (Wildman–Crippen MR) is 127 cm³/mol. The third-order valence-corrected chi connectivity index (χ3v) is 7.19. The number of carbonyl (C=O) groups excluding carboxylic acids is 1. The van der Waals surface area contributed by atoms with Crippen LogP contribution in [0, 0.1) is 0 Å². The molecule has 1 saturated heterocycles. The van der Waals surface area contributed by atoms with Gasteiger partial charge < -0.3 is 19.5 Å². The summed E-state index contributed by atoms with van der Waals surface area (Å²) < 4.78 is 5.91. The summed E-state index contributed by atoms with van der Waals surface area (Å²) in [6, 6.07) is 18.9. The highest BCUT2D eigenvalue weighted by Crippen LogP contribution is 2.44. The van der Waals surface area contributed by atoms with E-state index >= 15 is 0 Å². The molecule has 1 unspecified atom stereocenters. The Bertz CT molecular complexity index is 1080. The number of rotatable bonds is 6. The normalized spacial score (nSPS) is 21.2. The number of aromatic amines is 1. The molecule has 3 aromatic rings. The Balaban J connectivity index is 1.30. The molecule has 1 N–H and O–H groups in total. The fourth-order valence-electron chi connectivity index (χ4n) is 5.78. The summed E-state index contributed by atoms with van der Waals surface area (Å²) in [5.41, 5.74) is 4.84. The molecule has 2 aliphatic rings. The standard InChI is InChI=1S/C27H33N3O2/c1-21(31)30-17-13-24-23-11-5-6-12-25(23)28-26(24)27(30)14-7-15-29(20-27)16-8-18-32-19-22-9-3-2-4-10-22/h2-6,9-12,28H,7-8,13-20H2,1H3. The van der Waals surface area contributed by atoms with Crippen LogP contribution >= 0.6 is 0 Å². The number of para-hydroxylation sites is 1. The van der Waals surface area contributed by atoms with E-state index in [4.69, 9.17) is 4.74 Å². The lowest BCUT2D eigenvalue weighted by Crippen LogP contribution is -2.60. The molecule has 3 heterocycles. The lowest BCUT2D eigenvalue weighted by molar-refractivity contribution is -0.140. The van der Waals surface area contributed by atoms with Gasteiger partial charge in [0.25, 0.3) is 0 Å². The van der Waals surface area contributed by atoms with Gasteiger partial charge in [-0.05, 0) is 49.4 Å². The lowest BCUT2D eigenvalue weighted by atomic mass is 9.78. The van der Waals surface area contributed by atoms with Crippen LogP contribution in [0.15, 0.2) is 54.6 Å². The van der Waals surface area contributed by atoms with Crippen LogP contribution in [-0.2, 0) is 28.1 Å². The van der Waals surface area contributed by atoms with Gasteiger partial charge in [0.1, 0.15) is 0 Å². The molecule has 1 spiro atoms. The monoisotopic (exact) mass is 431 g/mol. The number of hydrogen-bond donors (Lipinski definition) is 1. The molecular weight excluding hydrogens is 398 g/mol. The van der Waals surface area contributed by atoms with Crippen LogP contribution in [0.3, 0.4) is 0 Å². The lowest BCUT2D eigenvalue weighted by Gasteiger charge is -2.51. The zero-order valence-corrected chi connectivity index (χ0v) is 19.0. The van der Waals surface area contributed by atoms with Gasteiger partial charge in [0, 0.05) is 49.8 Å². The second-order valence-electron chi connectivity index (χ2n) is 9.25. The molecule has 5 nitrogen and oxygen atoms in total. The molecule has 0 aliphatic carbocycles. The number of carbonyl (C=O) groups is 1. The zero-order valence-electron chi connectivity index (χ0n) is 19.0. The van der Waals surface area contributed by atoms with Crippen molar-refractivity contribution in [3.05, 3.63) is 71.4 Å². The van der Waals surface area contributed by atoms with Crippen molar-refractivity contribution in [3.8, 4) is 0 Å². The molecule has 0 radical (unpaired) electrons. The highest BCUT2D eigenvalue weighted by atomic mass is 16.5. The van der Waals surface area contributed by atoms with Crippen molar-refractivity contribution in [3.63, 3.8) is 0 Å². The minimum absolute atomic E-state index is 0.183. The van der Waals surface area contributed by atoms with E-state index in [1.54, 1.807) is 6.92 Å². The fraction of sp³-hybridized carbons (Fsp3) is 0.444. The van der Waals surface area contributed by atoms with Gasteiger partial charge in [0.05, 0.1) is 12.1 Å². The van der Waals surface area contributed by atoms with E-state index < -0.39 is 0 Å². The molecule has 168 valence electrons. The van der Waals surface area contributed by atoms with Crippen LogP contribution in [0.1, 0.15) is 43.0 Å². The average Bonchev–Trinajstić information content (AvgIpc) is 3.20. The first-order valence-electron chi connectivity index (χ1n) is 11.9. The van der Waals surface area contributed by atoms with Crippen LogP contribution in [0.5, 0.6) is 0 Å². The second-order valence-corrected chi connectivity index (χ2v) is 9.25. The molecule has 1 atom stereocenters. The van der Waals surface area contributed by atoms with Crippen molar-refractivity contribution in [2.24, 2.45) is 0 Å². The van der Waals surface area contributed by atoms with Crippen molar-refractivity contribution < 1.29 is 9.53 Å². The quantitative estimate of drug-likeness (QED) is 0.586. The number of likely N-dealkylation sites (tertiary alicyclic amines) is 1. The van der Waals surface area contributed by atoms with Crippen LogP contribution < -0.4 is 0 Å². The molecule has 32 heavy (non-hydrogen) atoms. The summed E-state index contributed by atoms with van der Waals surface area (Å²) in [7, 11) is 0. The minimum Gasteiger partial charge on any atom is -0.377 e. The van der Waals surface area contributed by atoms with Crippen molar-refractivity contribution in [1.29, 1.82) is 0 Å². The second kappa shape index (κ2) is 9.08. The molecule has 1 fully saturated rings. The van der Waals surface area contributed by atoms with E-state index in [0.29, 0.717) is 6.61 Å². The summed E-state index contributed by atoms with van der Waals surface area (Å²) >= 11 is 0. The number of amides is 1. The Labute approximate surface area is 190 Å². The summed E-state index contributed by atoms with van der Waals surface area (Å²) in [6.07, 6.45) is 4.05. The highest BCUT2D eigenvalue weighted by molar-refractivity contribution is 5.86. The van der Waals surface area contributed by atoms with Crippen LogP contribution in [0.25, 0.3) is 10.9 Å². The Morgan fingerprint density at radius 2 is 1.91 bits per heavy atom. The summed E-state index contributed by atoms with van der Waals surface area (Å²) in [5.74, 6) is 0.183. The molecule has 1 amide bonds. The summed E-state index contributed by atoms with van der Waals surface area (Å²) in [4.78, 5) is 21.1. The SMILES string of the molecule is CC(=O)N1CCc2c([nH]c3ccccc23)C12CCCN(CCCOCc1ccccc1)C2. The fourth-order valence-corrected chi connectivity index (χ4v) is 5.78. The van der Waals surface area contributed by atoms with E-state index in [0.717, 1.165) is 58.5 Å². The van der Waals surface area contributed by atoms with Gasteiger partial charge in [-0.2, -0.15) is 0 Å². The van der Waals surface area contributed by atoms with Crippen LogP contribution in [-0.4, -0.2) is 53.5 Å². The van der Waals surface area contributed by atoms with Gasteiger partial charge in [-0.25, -0.2) is 0 Å². The maximum absolute atomic E-state index is 12.7. The number of nitrogens with one attached hydrogen (secondary N) is 1. The smallest absolute Gasteiger partial charge is 0.220 e. The number of nitrogens with zero attached hydrogens (tertiary/aromatic N) is 2. The first-order valence-corrected chi connectivity index (χ1v) is 11.9. The number of H-pyrrole nitrogens is 1. The number of piperidine rings is 1. The number of hydrogen-bond acceptors (Lipinski definition) is 3. The Morgan fingerprint density at radius 1 is 1.09 bits per heavy atom. The van der Waals surface area contributed by atoms with Crippen LogP contribution in [0.4, 0.5) is 0 Å². The third-order valence-electron chi connectivity index (χ3n) is 7.19. The first-order chi connectivity index (χ1) is 15.7. The molecule has 5 rings (SSSR count). The van der Waals surface area contributed by atoms with Gasteiger partial charge in [-0.15, -0.1) is 0 Å². The van der Waals surface area contributed by atoms with Crippen LogP contribution in [0.2, 0.25) is 0 Å². The zero-order chi connectivity index (χ0) is 22.0. The average molecular weight is 432 g/mol. The van der Waals surface area contributed by atoms with E-state index in [9.17, 15) is 4.79 Å². The molecule has 2 aliphatic heterocycles. The predicted octanol–water partition coefficient (Wildman–Crippen LogP) is 4.47. The van der Waals surface area contributed by atoms with Gasteiger partial charge in [0.2, 0.25) is 5.91 Å². The van der Waals surface area contributed by atoms with E-state index in [-0.39, 0.29) is 11.4 Å². The van der Waals surface area contributed by atoms with Crippen molar-refractivity contribution in [2.45, 2.75) is 44.8 Å². The third kappa shape index (κ3) is 3.96. The van der Waals surface area contributed by atoms with Crippen molar-refractivity contribution >= 4 is 16.8 Å². The summed E-state index contributed by atoms with van der Waals surface area (Å²) in [5, 5.41) is 1.32. The molecule has 0 saturated carbocycles. The first kappa shape index (κ1) is 21.2. The summed E-state index contributed by atoms with van der Waals surface area (Å²) in [6.45, 7) is 6.93. The van der Waals surface area contributed by atoms with Gasteiger partial charge in [-0.3, -0.25) is 4.79 Å². The Kier molecular flexibility index (Phi) is 6.03. The van der Waals surface area contributed by atoms with Crippen molar-refractivity contribution in [1.82, 2.24) is 14.8 Å². The Hall–Kier alpha value is -2.63. The number of fused-ring (bicyclic) bond motifs is 4. The maximum atomic E-state index is 12.7. The molecule has 0 bridgehead atoms. The van der Waals surface area contributed by atoms with Gasteiger partial charge in [0.15, 0.2) is 0 Å². The molecule has 5 heteroatoms. The minimum atomic E-state index is -0.248. The maximum Gasteiger partial charge on any atom is 0.220 e. The van der Waals surface area contributed by atoms with Gasteiger partial charge >= 0.3 is 0 Å². The topological polar surface area (TPSA) is 48.6 Å². The largest absolute Gasteiger partial charge is 0.377 e.